The van der Waals surface area contributed by atoms with Gasteiger partial charge in [-0.2, -0.15) is 0 Å². The van der Waals surface area contributed by atoms with Crippen molar-refractivity contribution in [1.82, 2.24) is 0 Å². The fourth-order valence-corrected chi connectivity index (χ4v) is 8.83. The van der Waals surface area contributed by atoms with E-state index in [0.717, 1.165) is 17.1 Å². The van der Waals surface area contributed by atoms with Crippen molar-refractivity contribution < 1.29 is 0 Å². The van der Waals surface area contributed by atoms with Crippen LogP contribution < -0.4 is 4.90 Å². The Kier molecular flexibility index (Phi) is 7.71. The van der Waals surface area contributed by atoms with Crippen LogP contribution in [0.2, 0.25) is 0 Å². The number of fused-ring (bicyclic) bond motifs is 6. The summed E-state index contributed by atoms with van der Waals surface area (Å²) < 4.78 is 0. The summed E-state index contributed by atoms with van der Waals surface area (Å²) in [6.07, 6.45) is 2.02. The SMILES string of the molecule is C=Cc1c(C)c2ccccc2c2ccc(N(c3ccc(-c4ccc(C)c(-c5ccccc5C)c4)cc3)c3ccc4c(c3)C(C)(C)c3ccccc3-4)cc12. The number of nitrogens with zero attached hydrogens (tertiary/aromatic N) is 1. The molecule has 0 spiro atoms. The monoisotopic (exact) mass is 681 g/mol. The van der Waals surface area contributed by atoms with E-state index < -0.39 is 0 Å². The standard InChI is InChI=1S/C52H43N/c1-7-41-35(4)43-16-10-11-17-44(43)45-28-26-39(31-49(41)45)53(40-27-29-47-46-18-12-13-19-50(46)52(5,6)51(47)32-40)38-24-22-36(23-25-38)37-21-20-34(3)48(30-37)42-15-9-8-14-33(42)2/h7-32H,1H2,2-6H3. The summed E-state index contributed by atoms with van der Waals surface area (Å²) in [5, 5.41) is 5.01. The minimum atomic E-state index is -0.104. The molecule has 0 fully saturated rings. The van der Waals surface area contributed by atoms with Crippen LogP contribution in [-0.4, -0.2) is 0 Å². The van der Waals surface area contributed by atoms with Crippen LogP contribution in [0.5, 0.6) is 0 Å². The molecule has 256 valence electrons. The Morgan fingerprint density at radius 2 is 1.04 bits per heavy atom. The Bertz CT molecular complexity index is 2740. The van der Waals surface area contributed by atoms with Crippen molar-refractivity contribution in [2.75, 3.05) is 4.90 Å². The highest BCUT2D eigenvalue weighted by molar-refractivity contribution is 6.13. The Labute approximate surface area is 313 Å². The third-order valence-electron chi connectivity index (χ3n) is 11.7. The van der Waals surface area contributed by atoms with Crippen LogP contribution in [0.4, 0.5) is 17.1 Å². The van der Waals surface area contributed by atoms with Crippen molar-refractivity contribution in [3.63, 3.8) is 0 Å². The van der Waals surface area contributed by atoms with Crippen LogP contribution in [0.1, 0.15) is 47.2 Å². The van der Waals surface area contributed by atoms with E-state index in [4.69, 9.17) is 0 Å². The molecule has 9 rings (SSSR count). The van der Waals surface area contributed by atoms with Crippen molar-refractivity contribution in [3.8, 4) is 33.4 Å². The zero-order chi connectivity index (χ0) is 36.4. The van der Waals surface area contributed by atoms with Crippen LogP contribution in [-0.2, 0) is 5.41 Å². The highest BCUT2D eigenvalue weighted by Crippen LogP contribution is 2.51. The number of hydrogen-bond acceptors (Lipinski definition) is 1. The molecule has 0 saturated carbocycles. The smallest absolute Gasteiger partial charge is 0.0468 e. The predicted molar refractivity (Wildman–Crippen MR) is 229 cm³/mol. The summed E-state index contributed by atoms with van der Waals surface area (Å²) >= 11 is 0. The molecule has 8 aromatic carbocycles. The fraction of sp³-hybridized carbons (Fsp3) is 0.115. The van der Waals surface area contributed by atoms with Gasteiger partial charge in [0.2, 0.25) is 0 Å². The molecule has 0 saturated heterocycles. The van der Waals surface area contributed by atoms with Crippen LogP contribution in [0.3, 0.4) is 0 Å². The normalized spacial score (nSPS) is 12.8. The van der Waals surface area contributed by atoms with Gasteiger partial charge < -0.3 is 4.90 Å². The van der Waals surface area contributed by atoms with Gasteiger partial charge >= 0.3 is 0 Å². The molecule has 0 N–H and O–H groups in total. The summed E-state index contributed by atoms with van der Waals surface area (Å²) in [4.78, 5) is 2.42. The molecule has 0 radical (unpaired) electrons. The van der Waals surface area contributed by atoms with E-state index in [9.17, 15) is 0 Å². The van der Waals surface area contributed by atoms with Gasteiger partial charge in [-0.05, 0) is 152 Å². The molecule has 0 amide bonds. The third kappa shape index (κ3) is 5.22. The lowest BCUT2D eigenvalue weighted by atomic mass is 9.82. The topological polar surface area (TPSA) is 3.24 Å². The molecule has 1 heteroatoms. The minimum Gasteiger partial charge on any atom is -0.310 e. The van der Waals surface area contributed by atoms with Crippen molar-refractivity contribution in [2.24, 2.45) is 0 Å². The first kappa shape index (κ1) is 32.7. The van der Waals surface area contributed by atoms with Crippen molar-refractivity contribution in [1.29, 1.82) is 0 Å². The van der Waals surface area contributed by atoms with Gasteiger partial charge in [-0.3, -0.25) is 0 Å². The van der Waals surface area contributed by atoms with Crippen LogP contribution in [0.15, 0.2) is 158 Å². The summed E-state index contributed by atoms with van der Waals surface area (Å²) in [7, 11) is 0. The van der Waals surface area contributed by atoms with Gasteiger partial charge in [0.05, 0.1) is 0 Å². The Hall–Kier alpha value is -6.18. The molecule has 0 atom stereocenters. The van der Waals surface area contributed by atoms with E-state index in [1.165, 1.54) is 88.3 Å². The van der Waals surface area contributed by atoms with Crippen LogP contribution >= 0.6 is 0 Å². The fourth-order valence-electron chi connectivity index (χ4n) is 8.83. The van der Waals surface area contributed by atoms with Crippen molar-refractivity contribution >= 4 is 44.7 Å². The molecule has 0 bridgehead atoms. The van der Waals surface area contributed by atoms with Crippen LogP contribution in [0, 0.1) is 20.8 Å². The van der Waals surface area contributed by atoms with Gasteiger partial charge in [0.15, 0.2) is 0 Å². The third-order valence-corrected chi connectivity index (χ3v) is 11.7. The first-order valence-corrected chi connectivity index (χ1v) is 18.6. The summed E-state index contributed by atoms with van der Waals surface area (Å²) in [6.45, 7) is 15.6. The average Bonchev–Trinajstić information content (AvgIpc) is 3.41. The first-order valence-electron chi connectivity index (χ1n) is 18.6. The number of benzene rings is 8. The van der Waals surface area contributed by atoms with E-state index in [0.29, 0.717) is 0 Å². The second kappa shape index (κ2) is 12.5. The molecular formula is C52H43N. The molecule has 1 aliphatic rings. The van der Waals surface area contributed by atoms with Gasteiger partial charge in [0.1, 0.15) is 0 Å². The Morgan fingerprint density at radius 1 is 0.453 bits per heavy atom. The maximum atomic E-state index is 4.28. The molecule has 1 nitrogen and oxygen atoms in total. The second-order valence-corrected chi connectivity index (χ2v) is 15.1. The Balaban J connectivity index is 1.21. The lowest BCUT2D eigenvalue weighted by Gasteiger charge is -2.29. The maximum Gasteiger partial charge on any atom is 0.0468 e. The van der Waals surface area contributed by atoms with Gasteiger partial charge in [0, 0.05) is 22.5 Å². The molecule has 0 aliphatic heterocycles. The molecule has 53 heavy (non-hydrogen) atoms. The van der Waals surface area contributed by atoms with Crippen LogP contribution in [0.25, 0.3) is 61.0 Å². The number of aryl methyl sites for hydroxylation is 3. The minimum absolute atomic E-state index is 0.104. The van der Waals surface area contributed by atoms with E-state index in [1.54, 1.807) is 0 Å². The number of hydrogen-bond donors (Lipinski definition) is 0. The second-order valence-electron chi connectivity index (χ2n) is 15.1. The lowest BCUT2D eigenvalue weighted by Crippen LogP contribution is -2.16. The molecule has 0 heterocycles. The molecule has 1 aliphatic carbocycles. The van der Waals surface area contributed by atoms with Gasteiger partial charge in [0.25, 0.3) is 0 Å². The molecule has 8 aromatic rings. The van der Waals surface area contributed by atoms with Crippen molar-refractivity contribution in [2.45, 2.75) is 40.0 Å². The zero-order valence-corrected chi connectivity index (χ0v) is 31.2. The van der Waals surface area contributed by atoms with Gasteiger partial charge in [-0.25, -0.2) is 0 Å². The quantitative estimate of drug-likeness (QED) is 0.158. The van der Waals surface area contributed by atoms with E-state index in [1.807, 2.05) is 6.08 Å². The highest BCUT2D eigenvalue weighted by Gasteiger charge is 2.35. The molecular weight excluding hydrogens is 639 g/mol. The predicted octanol–water partition coefficient (Wildman–Crippen LogP) is 14.7. The van der Waals surface area contributed by atoms with E-state index >= 15 is 0 Å². The molecule has 0 unspecified atom stereocenters. The van der Waals surface area contributed by atoms with E-state index in [-0.39, 0.29) is 5.41 Å². The zero-order valence-electron chi connectivity index (χ0n) is 31.2. The summed E-state index contributed by atoms with van der Waals surface area (Å²) in [5.74, 6) is 0. The van der Waals surface area contributed by atoms with Crippen molar-refractivity contribution in [3.05, 3.63) is 192 Å². The lowest BCUT2D eigenvalue weighted by molar-refractivity contribution is 0.660. The Morgan fingerprint density at radius 3 is 1.81 bits per heavy atom. The maximum absolute atomic E-state index is 4.28. The largest absolute Gasteiger partial charge is 0.310 e. The van der Waals surface area contributed by atoms with E-state index in [2.05, 4.69) is 198 Å². The first-order chi connectivity index (χ1) is 25.7. The van der Waals surface area contributed by atoms with Gasteiger partial charge in [-0.15, -0.1) is 0 Å². The number of anilines is 3. The average molecular weight is 682 g/mol. The van der Waals surface area contributed by atoms with Gasteiger partial charge in [-0.1, -0.05) is 136 Å². The molecule has 0 aromatic heterocycles. The summed E-state index contributed by atoms with van der Waals surface area (Å²) in [5.41, 5.74) is 18.7. The highest BCUT2D eigenvalue weighted by atomic mass is 15.1. The number of rotatable bonds is 6. The summed E-state index contributed by atoms with van der Waals surface area (Å²) in [6, 6.07) is 56.2.